The molecule has 0 atom stereocenters. The van der Waals surface area contributed by atoms with Crippen LogP contribution in [0.4, 0.5) is 4.79 Å². The molecule has 9 heteroatoms. The maximum atomic E-state index is 12.0. The van der Waals surface area contributed by atoms with Crippen LogP contribution in [-0.4, -0.2) is 33.5 Å². The highest BCUT2D eigenvalue weighted by Gasteiger charge is 2.30. The molecule has 0 aromatic carbocycles. The Balaban J connectivity index is 1.84. The van der Waals surface area contributed by atoms with Crippen molar-refractivity contribution in [2.45, 2.75) is 39.5 Å². The SMILES string of the molecule is Cc1cc(C=C2C(=O)NC(=O)NC2=O)c(C)n1-c1sc2c(c1C(=O)O)CCCC2. The number of carboxylic acid groups (broad SMARTS) is 1. The van der Waals surface area contributed by atoms with Crippen molar-refractivity contribution in [2.75, 3.05) is 0 Å². The summed E-state index contributed by atoms with van der Waals surface area (Å²) in [6, 6.07) is 0.946. The Morgan fingerprint density at radius 3 is 2.45 bits per heavy atom. The number of rotatable bonds is 3. The summed E-state index contributed by atoms with van der Waals surface area (Å²) < 4.78 is 1.86. The molecular weight excluding hydrogens is 394 g/mol. The van der Waals surface area contributed by atoms with E-state index in [9.17, 15) is 24.3 Å². The first-order valence-corrected chi connectivity index (χ1v) is 10.0. The molecule has 2 aliphatic rings. The van der Waals surface area contributed by atoms with Crippen molar-refractivity contribution in [2.24, 2.45) is 0 Å². The topological polar surface area (TPSA) is 118 Å². The van der Waals surface area contributed by atoms with Gasteiger partial charge in [-0.1, -0.05) is 0 Å². The Labute approximate surface area is 170 Å². The molecule has 1 aliphatic heterocycles. The van der Waals surface area contributed by atoms with Crippen LogP contribution in [-0.2, 0) is 22.4 Å². The zero-order valence-electron chi connectivity index (χ0n) is 15.9. The minimum absolute atomic E-state index is 0.172. The molecule has 29 heavy (non-hydrogen) atoms. The average molecular weight is 413 g/mol. The molecule has 2 aromatic heterocycles. The minimum atomic E-state index is -0.948. The number of aromatic nitrogens is 1. The molecule has 1 aliphatic carbocycles. The fourth-order valence-electron chi connectivity index (χ4n) is 3.94. The standard InChI is InChI=1S/C20H19N3O5S/c1-9-7-11(8-13-16(24)21-20(28)22-17(13)25)10(2)23(9)18-15(19(26)27)12-5-3-4-6-14(12)29-18/h7-8H,3-6H2,1-2H3,(H,26,27)(H2,21,22,24,25,28). The zero-order valence-corrected chi connectivity index (χ0v) is 16.7. The lowest BCUT2D eigenvalue weighted by Crippen LogP contribution is -2.51. The van der Waals surface area contributed by atoms with E-state index in [1.54, 1.807) is 6.07 Å². The second-order valence-electron chi connectivity index (χ2n) is 7.15. The van der Waals surface area contributed by atoms with E-state index in [4.69, 9.17) is 0 Å². The average Bonchev–Trinajstić information content (AvgIpc) is 3.14. The molecule has 1 fully saturated rings. The maximum absolute atomic E-state index is 12.0. The number of thiophene rings is 1. The third-order valence-corrected chi connectivity index (χ3v) is 6.56. The summed E-state index contributed by atoms with van der Waals surface area (Å²) in [6.07, 6.45) is 5.09. The molecule has 1 saturated heterocycles. The molecule has 8 nitrogen and oxygen atoms in total. The van der Waals surface area contributed by atoms with Crippen molar-refractivity contribution in [3.63, 3.8) is 0 Å². The lowest BCUT2D eigenvalue weighted by atomic mass is 9.95. The number of barbiturate groups is 1. The Kier molecular flexibility index (Phi) is 4.62. The number of amides is 4. The van der Waals surface area contributed by atoms with Gasteiger partial charge >= 0.3 is 12.0 Å². The van der Waals surface area contributed by atoms with Gasteiger partial charge in [0.1, 0.15) is 10.6 Å². The van der Waals surface area contributed by atoms with E-state index >= 15 is 0 Å². The van der Waals surface area contributed by atoms with Crippen molar-refractivity contribution in [1.29, 1.82) is 0 Å². The molecule has 150 valence electrons. The van der Waals surface area contributed by atoms with Crippen LogP contribution in [0.25, 0.3) is 11.1 Å². The molecule has 0 spiro atoms. The Morgan fingerprint density at radius 2 is 1.79 bits per heavy atom. The molecule has 3 heterocycles. The predicted octanol–water partition coefficient (Wildman–Crippen LogP) is 2.48. The summed E-state index contributed by atoms with van der Waals surface area (Å²) in [5, 5.41) is 14.6. The van der Waals surface area contributed by atoms with Gasteiger partial charge in [-0.3, -0.25) is 20.2 Å². The molecule has 0 radical (unpaired) electrons. The number of nitrogens with one attached hydrogen (secondary N) is 2. The summed E-state index contributed by atoms with van der Waals surface area (Å²) in [6.45, 7) is 3.66. The van der Waals surface area contributed by atoms with Gasteiger partial charge in [-0.15, -0.1) is 11.3 Å². The third-order valence-electron chi connectivity index (χ3n) is 5.28. The van der Waals surface area contributed by atoms with Gasteiger partial charge in [0, 0.05) is 16.3 Å². The second-order valence-corrected chi connectivity index (χ2v) is 8.24. The van der Waals surface area contributed by atoms with E-state index in [2.05, 4.69) is 0 Å². The van der Waals surface area contributed by atoms with E-state index in [1.807, 2.05) is 29.0 Å². The predicted molar refractivity (Wildman–Crippen MR) is 106 cm³/mol. The zero-order chi connectivity index (χ0) is 20.9. The van der Waals surface area contributed by atoms with Gasteiger partial charge in [0.05, 0.1) is 5.56 Å². The number of hydrogen-bond donors (Lipinski definition) is 3. The van der Waals surface area contributed by atoms with Crippen LogP contribution in [0.1, 0.15) is 50.6 Å². The number of carbonyl (C=O) groups excluding carboxylic acids is 3. The molecule has 3 N–H and O–H groups in total. The molecule has 0 bridgehead atoms. The van der Waals surface area contributed by atoms with Crippen molar-refractivity contribution in [3.8, 4) is 5.00 Å². The summed E-state index contributed by atoms with van der Waals surface area (Å²) in [5.41, 5.74) is 3.20. The van der Waals surface area contributed by atoms with E-state index in [1.165, 1.54) is 17.4 Å². The van der Waals surface area contributed by atoms with E-state index in [0.29, 0.717) is 21.8 Å². The third kappa shape index (κ3) is 3.17. The Bertz CT molecular complexity index is 1100. The second kappa shape index (κ2) is 7.00. The van der Waals surface area contributed by atoms with Gasteiger partial charge in [-0.2, -0.15) is 0 Å². The number of fused-ring (bicyclic) bond motifs is 1. The smallest absolute Gasteiger partial charge is 0.339 e. The van der Waals surface area contributed by atoms with E-state index in [-0.39, 0.29) is 5.57 Å². The molecular formula is C20H19N3O5S. The van der Waals surface area contributed by atoms with E-state index < -0.39 is 23.8 Å². The first kappa shape index (κ1) is 19.1. The minimum Gasteiger partial charge on any atom is -0.478 e. The summed E-state index contributed by atoms with van der Waals surface area (Å²) in [4.78, 5) is 48.4. The van der Waals surface area contributed by atoms with Gasteiger partial charge in [0.25, 0.3) is 11.8 Å². The van der Waals surface area contributed by atoms with Crippen LogP contribution >= 0.6 is 11.3 Å². The molecule has 2 aromatic rings. The van der Waals surface area contributed by atoms with E-state index in [0.717, 1.165) is 41.8 Å². The van der Waals surface area contributed by atoms with Crippen LogP contribution < -0.4 is 10.6 Å². The number of carbonyl (C=O) groups is 4. The van der Waals surface area contributed by atoms with Gasteiger partial charge in [0.2, 0.25) is 0 Å². The Morgan fingerprint density at radius 1 is 1.14 bits per heavy atom. The fourth-order valence-corrected chi connectivity index (χ4v) is 5.43. The summed E-state index contributed by atoms with van der Waals surface area (Å²) >= 11 is 1.49. The molecule has 0 unspecified atom stereocenters. The monoisotopic (exact) mass is 413 g/mol. The largest absolute Gasteiger partial charge is 0.478 e. The highest BCUT2D eigenvalue weighted by Crippen LogP contribution is 2.39. The van der Waals surface area contributed by atoms with Crippen molar-refractivity contribution in [1.82, 2.24) is 15.2 Å². The van der Waals surface area contributed by atoms with Crippen LogP contribution in [0.5, 0.6) is 0 Å². The number of urea groups is 1. The highest BCUT2D eigenvalue weighted by molar-refractivity contribution is 7.15. The van der Waals surface area contributed by atoms with Gasteiger partial charge in [-0.05, 0) is 62.8 Å². The number of nitrogens with zero attached hydrogens (tertiary/aromatic N) is 1. The molecule has 0 saturated carbocycles. The lowest BCUT2D eigenvalue weighted by molar-refractivity contribution is -0.123. The van der Waals surface area contributed by atoms with Crippen molar-refractivity contribution in [3.05, 3.63) is 44.6 Å². The molecule has 4 rings (SSSR count). The number of aryl methyl sites for hydroxylation is 2. The number of carboxylic acids is 1. The van der Waals surface area contributed by atoms with Gasteiger partial charge in [-0.25, -0.2) is 9.59 Å². The molecule has 4 amide bonds. The normalized spacial score (nSPS) is 16.3. The van der Waals surface area contributed by atoms with Crippen molar-refractivity contribution < 1.29 is 24.3 Å². The highest BCUT2D eigenvalue weighted by atomic mass is 32.1. The maximum Gasteiger partial charge on any atom is 0.339 e. The number of aromatic carboxylic acids is 1. The number of hydrogen-bond acceptors (Lipinski definition) is 5. The van der Waals surface area contributed by atoms with Crippen LogP contribution in [0.2, 0.25) is 0 Å². The first-order valence-electron chi connectivity index (χ1n) is 9.23. The van der Waals surface area contributed by atoms with Gasteiger partial charge < -0.3 is 9.67 Å². The Hall–Kier alpha value is -3.20. The van der Waals surface area contributed by atoms with Crippen LogP contribution in [0.3, 0.4) is 0 Å². The number of imide groups is 2. The fraction of sp³-hybridized carbons (Fsp3) is 0.300. The summed E-state index contributed by atoms with van der Waals surface area (Å²) in [7, 11) is 0. The first-order chi connectivity index (χ1) is 13.8. The van der Waals surface area contributed by atoms with Crippen LogP contribution in [0.15, 0.2) is 11.6 Å². The van der Waals surface area contributed by atoms with Crippen molar-refractivity contribution >= 4 is 41.2 Å². The lowest BCUT2D eigenvalue weighted by Gasteiger charge is -2.14. The van der Waals surface area contributed by atoms with Gasteiger partial charge in [0.15, 0.2) is 0 Å². The summed E-state index contributed by atoms with van der Waals surface area (Å²) in [5.74, 6) is -2.47. The quantitative estimate of drug-likeness (QED) is 0.528. The van der Waals surface area contributed by atoms with Crippen LogP contribution in [0, 0.1) is 13.8 Å².